The summed E-state index contributed by atoms with van der Waals surface area (Å²) in [5.41, 5.74) is 0.558. The Labute approximate surface area is 103 Å². The maximum absolute atomic E-state index is 10.9. The van der Waals surface area contributed by atoms with Gasteiger partial charge in [0.15, 0.2) is 5.75 Å². The van der Waals surface area contributed by atoms with Crippen LogP contribution in [0.15, 0.2) is 24.8 Å². The number of rotatable bonds is 4. The number of carboxylic acids is 1. The van der Waals surface area contributed by atoms with E-state index in [1.807, 2.05) is 0 Å². The second-order valence-corrected chi connectivity index (χ2v) is 3.75. The summed E-state index contributed by atoms with van der Waals surface area (Å²) in [6.07, 6.45) is 1.94. The van der Waals surface area contributed by atoms with Gasteiger partial charge < -0.3 is 9.84 Å². The number of esters is 1. The van der Waals surface area contributed by atoms with Crippen LogP contribution in [0.25, 0.3) is 0 Å². The standard InChI is InChI=1S/C12H11ClO4/c1-3-4-8-5-9(12(15)16)6-10(13)11(8)17-7(2)14/h3,5-6H,1,4H2,2H3,(H,15,16). The number of carboxylic acid groups (broad SMARTS) is 1. The molecule has 0 aliphatic rings. The lowest BCUT2D eigenvalue weighted by Crippen LogP contribution is -2.06. The molecule has 0 radical (unpaired) electrons. The molecule has 4 nitrogen and oxygen atoms in total. The van der Waals surface area contributed by atoms with Crippen LogP contribution in [0.4, 0.5) is 0 Å². The molecule has 1 N–H and O–H groups in total. The Morgan fingerprint density at radius 3 is 2.65 bits per heavy atom. The summed E-state index contributed by atoms with van der Waals surface area (Å²) in [6.45, 7) is 4.80. The minimum absolute atomic E-state index is 0.0442. The van der Waals surface area contributed by atoms with E-state index in [-0.39, 0.29) is 16.3 Å². The van der Waals surface area contributed by atoms with E-state index >= 15 is 0 Å². The first-order chi connectivity index (χ1) is 7.95. The highest BCUT2D eigenvalue weighted by Crippen LogP contribution is 2.31. The molecule has 0 aliphatic carbocycles. The fraction of sp³-hybridized carbons (Fsp3) is 0.167. The molecule has 0 amide bonds. The number of ether oxygens (including phenoxy) is 1. The van der Waals surface area contributed by atoms with Gasteiger partial charge in [0, 0.05) is 12.5 Å². The smallest absolute Gasteiger partial charge is 0.335 e. The molecule has 0 saturated carbocycles. The fourth-order valence-electron chi connectivity index (χ4n) is 1.34. The van der Waals surface area contributed by atoms with Gasteiger partial charge in [-0.05, 0) is 18.6 Å². The van der Waals surface area contributed by atoms with Crippen LogP contribution in [0.1, 0.15) is 22.8 Å². The van der Waals surface area contributed by atoms with Crippen molar-refractivity contribution in [3.05, 3.63) is 40.9 Å². The van der Waals surface area contributed by atoms with Crippen molar-refractivity contribution in [3.63, 3.8) is 0 Å². The van der Waals surface area contributed by atoms with Crippen molar-refractivity contribution >= 4 is 23.5 Å². The summed E-state index contributed by atoms with van der Waals surface area (Å²) in [6, 6.07) is 2.66. The van der Waals surface area contributed by atoms with Gasteiger partial charge in [-0.3, -0.25) is 4.79 Å². The number of hydrogen-bond acceptors (Lipinski definition) is 3. The van der Waals surface area contributed by atoms with Crippen LogP contribution < -0.4 is 4.74 Å². The molecule has 0 spiro atoms. The average molecular weight is 255 g/mol. The number of allylic oxidation sites excluding steroid dienone is 1. The van der Waals surface area contributed by atoms with Crippen molar-refractivity contribution in [2.75, 3.05) is 0 Å². The Morgan fingerprint density at radius 1 is 1.53 bits per heavy atom. The maximum Gasteiger partial charge on any atom is 0.335 e. The van der Waals surface area contributed by atoms with Crippen LogP contribution >= 0.6 is 11.6 Å². The van der Waals surface area contributed by atoms with E-state index in [4.69, 9.17) is 21.4 Å². The van der Waals surface area contributed by atoms with Gasteiger partial charge >= 0.3 is 11.9 Å². The number of aromatic carboxylic acids is 1. The van der Waals surface area contributed by atoms with Crippen molar-refractivity contribution in [2.24, 2.45) is 0 Å². The zero-order chi connectivity index (χ0) is 13.0. The molecule has 1 rings (SSSR count). The fourth-order valence-corrected chi connectivity index (χ4v) is 1.62. The third-order valence-corrected chi connectivity index (χ3v) is 2.26. The second kappa shape index (κ2) is 5.50. The summed E-state index contributed by atoms with van der Waals surface area (Å²) >= 11 is 5.88. The topological polar surface area (TPSA) is 63.6 Å². The number of carbonyl (C=O) groups excluding carboxylic acids is 1. The molecule has 0 heterocycles. The van der Waals surface area contributed by atoms with Gasteiger partial charge in [-0.25, -0.2) is 4.79 Å². The minimum Gasteiger partial charge on any atom is -0.478 e. The number of hydrogen-bond donors (Lipinski definition) is 1. The van der Waals surface area contributed by atoms with E-state index in [0.29, 0.717) is 12.0 Å². The lowest BCUT2D eigenvalue weighted by molar-refractivity contribution is -0.131. The van der Waals surface area contributed by atoms with Crippen LogP contribution in [-0.2, 0) is 11.2 Å². The SMILES string of the molecule is C=CCc1cc(C(=O)O)cc(Cl)c1OC(C)=O. The Morgan fingerprint density at radius 2 is 2.18 bits per heavy atom. The highest BCUT2D eigenvalue weighted by molar-refractivity contribution is 6.32. The predicted octanol–water partition coefficient (Wildman–Crippen LogP) is 2.69. The number of halogens is 1. The molecule has 0 bridgehead atoms. The summed E-state index contributed by atoms with van der Waals surface area (Å²) < 4.78 is 4.95. The third kappa shape index (κ3) is 3.32. The predicted molar refractivity (Wildman–Crippen MR) is 63.6 cm³/mol. The first kappa shape index (κ1) is 13.3. The molecule has 0 aromatic heterocycles. The lowest BCUT2D eigenvalue weighted by atomic mass is 10.1. The molecule has 0 fully saturated rings. The van der Waals surface area contributed by atoms with Gasteiger partial charge in [0.2, 0.25) is 0 Å². The van der Waals surface area contributed by atoms with Crippen molar-refractivity contribution in [2.45, 2.75) is 13.3 Å². The molecule has 17 heavy (non-hydrogen) atoms. The average Bonchev–Trinajstić information content (AvgIpc) is 2.22. The molecule has 0 unspecified atom stereocenters. The van der Waals surface area contributed by atoms with Crippen molar-refractivity contribution in [1.82, 2.24) is 0 Å². The molecular weight excluding hydrogens is 244 g/mol. The zero-order valence-electron chi connectivity index (χ0n) is 9.20. The monoisotopic (exact) mass is 254 g/mol. The van der Waals surface area contributed by atoms with E-state index in [2.05, 4.69) is 6.58 Å². The molecule has 0 aliphatic heterocycles. The Hall–Kier alpha value is -1.81. The first-order valence-electron chi connectivity index (χ1n) is 4.80. The second-order valence-electron chi connectivity index (χ2n) is 3.34. The summed E-state index contributed by atoms with van der Waals surface area (Å²) in [4.78, 5) is 21.8. The van der Waals surface area contributed by atoms with E-state index < -0.39 is 11.9 Å². The van der Waals surface area contributed by atoms with E-state index in [1.165, 1.54) is 19.1 Å². The molecule has 1 aromatic carbocycles. The van der Waals surface area contributed by atoms with Gasteiger partial charge in [0.05, 0.1) is 10.6 Å². The largest absolute Gasteiger partial charge is 0.478 e. The van der Waals surface area contributed by atoms with Crippen LogP contribution in [0.2, 0.25) is 5.02 Å². The third-order valence-electron chi connectivity index (χ3n) is 1.98. The van der Waals surface area contributed by atoms with Crippen LogP contribution in [-0.4, -0.2) is 17.0 Å². The molecule has 1 aromatic rings. The van der Waals surface area contributed by atoms with Gasteiger partial charge in [0.1, 0.15) is 0 Å². The van der Waals surface area contributed by atoms with E-state index in [0.717, 1.165) is 0 Å². The summed E-state index contributed by atoms with van der Waals surface area (Å²) in [5, 5.41) is 8.98. The van der Waals surface area contributed by atoms with Crippen LogP contribution in [0.5, 0.6) is 5.75 Å². The maximum atomic E-state index is 10.9. The normalized spacial score (nSPS) is 9.76. The summed E-state index contributed by atoms with van der Waals surface area (Å²) in [7, 11) is 0. The van der Waals surface area contributed by atoms with Gasteiger partial charge in [-0.15, -0.1) is 6.58 Å². The molecular formula is C12H11ClO4. The van der Waals surface area contributed by atoms with E-state index in [9.17, 15) is 9.59 Å². The van der Waals surface area contributed by atoms with Crippen molar-refractivity contribution in [1.29, 1.82) is 0 Å². The van der Waals surface area contributed by atoms with Crippen molar-refractivity contribution in [3.8, 4) is 5.75 Å². The number of benzene rings is 1. The Balaban J connectivity index is 3.31. The van der Waals surface area contributed by atoms with Gasteiger partial charge in [0.25, 0.3) is 0 Å². The van der Waals surface area contributed by atoms with Crippen LogP contribution in [0.3, 0.4) is 0 Å². The van der Waals surface area contributed by atoms with Crippen molar-refractivity contribution < 1.29 is 19.4 Å². The Bertz CT molecular complexity index is 480. The number of carbonyl (C=O) groups is 2. The highest BCUT2D eigenvalue weighted by atomic mass is 35.5. The van der Waals surface area contributed by atoms with Crippen LogP contribution in [0, 0.1) is 0 Å². The highest BCUT2D eigenvalue weighted by Gasteiger charge is 2.15. The zero-order valence-corrected chi connectivity index (χ0v) is 9.95. The quantitative estimate of drug-likeness (QED) is 0.510. The van der Waals surface area contributed by atoms with Gasteiger partial charge in [-0.1, -0.05) is 17.7 Å². The minimum atomic E-state index is -1.09. The molecule has 5 heteroatoms. The molecule has 90 valence electrons. The van der Waals surface area contributed by atoms with Gasteiger partial charge in [-0.2, -0.15) is 0 Å². The lowest BCUT2D eigenvalue weighted by Gasteiger charge is -2.10. The molecule has 0 atom stereocenters. The van der Waals surface area contributed by atoms with E-state index in [1.54, 1.807) is 6.08 Å². The Kier molecular flexibility index (Phi) is 4.29. The summed E-state index contributed by atoms with van der Waals surface area (Å²) in [5.74, 6) is -1.42. The molecule has 0 saturated heterocycles. The first-order valence-corrected chi connectivity index (χ1v) is 5.18.